The molecule has 2 bridgehead atoms. The highest BCUT2D eigenvalue weighted by atomic mass is 32.1. The molecule has 2 aliphatic rings. The van der Waals surface area contributed by atoms with E-state index in [1.54, 1.807) is 11.3 Å². The standard InChI is InChI=1S/C12H18N2O2S.C2HF3O2/c1-15-11-4-9-7-16-8-10(5-11)14(9)6-12-13-2-3-17-12;3-2(4,5)1(6)7/h2-3,9-11H,4-8H2,1H3;(H,6,7). The van der Waals surface area contributed by atoms with Crippen LogP contribution >= 0.6 is 11.3 Å². The Kier molecular flexibility index (Phi) is 6.55. The first-order valence-electron chi connectivity index (χ1n) is 7.36. The molecule has 0 radical (unpaired) electrons. The van der Waals surface area contributed by atoms with Crippen LogP contribution in [-0.2, 0) is 20.8 Å². The summed E-state index contributed by atoms with van der Waals surface area (Å²) in [5.41, 5.74) is 0. The smallest absolute Gasteiger partial charge is 0.475 e. The molecule has 0 spiro atoms. The number of rotatable bonds is 3. The number of carboxylic acid groups (broad SMARTS) is 1. The largest absolute Gasteiger partial charge is 0.490 e. The van der Waals surface area contributed by atoms with Gasteiger partial charge in [-0.1, -0.05) is 0 Å². The van der Waals surface area contributed by atoms with Gasteiger partial charge < -0.3 is 14.6 Å². The van der Waals surface area contributed by atoms with Crippen LogP contribution in [0.25, 0.3) is 0 Å². The highest BCUT2D eigenvalue weighted by Gasteiger charge is 2.39. The number of aromatic nitrogens is 1. The van der Waals surface area contributed by atoms with Gasteiger partial charge in [-0.2, -0.15) is 13.2 Å². The summed E-state index contributed by atoms with van der Waals surface area (Å²) in [5, 5.41) is 10.4. The van der Waals surface area contributed by atoms with Gasteiger partial charge in [0, 0.05) is 30.8 Å². The SMILES string of the molecule is COC1CC2COCC(C1)N2Cc1nccs1.O=C(O)C(F)(F)F. The van der Waals surface area contributed by atoms with Crippen molar-refractivity contribution in [2.75, 3.05) is 20.3 Å². The summed E-state index contributed by atoms with van der Waals surface area (Å²) in [6.45, 7) is 2.64. The fraction of sp³-hybridized carbons (Fsp3) is 0.714. The predicted octanol–water partition coefficient (Wildman–Crippen LogP) is 2.15. The van der Waals surface area contributed by atoms with Crippen LogP contribution in [0.3, 0.4) is 0 Å². The lowest BCUT2D eigenvalue weighted by Gasteiger charge is -2.47. The van der Waals surface area contributed by atoms with Crippen LogP contribution in [0.15, 0.2) is 11.6 Å². The molecule has 10 heteroatoms. The first kappa shape index (κ1) is 19.1. The number of piperidine rings is 1. The number of aliphatic carboxylic acids is 1. The summed E-state index contributed by atoms with van der Waals surface area (Å²) >= 11 is 1.74. The Morgan fingerprint density at radius 2 is 2.04 bits per heavy atom. The number of ether oxygens (including phenoxy) is 2. The number of carboxylic acids is 1. The second-order valence-electron chi connectivity index (χ2n) is 5.58. The van der Waals surface area contributed by atoms with Gasteiger partial charge in [-0.3, -0.25) is 4.90 Å². The van der Waals surface area contributed by atoms with E-state index in [1.807, 2.05) is 18.7 Å². The molecule has 1 aromatic rings. The molecule has 2 saturated heterocycles. The number of fused-ring (bicyclic) bond motifs is 2. The molecule has 1 aromatic heterocycles. The lowest BCUT2D eigenvalue weighted by molar-refractivity contribution is -0.192. The topological polar surface area (TPSA) is 71.9 Å². The van der Waals surface area contributed by atoms with Crippen LogP contribution in [0, 0.1) is 0 Å². The summed E-state index contributed by atoms with van der Waals surface area (Å²) in [6, 6.07) is 0.993. The summed E-state index contributed by atoms with van der Waals surface area (Å²) in [5.74, 6) is -2.76. The van der Waals surface area contributed by atoms with E-state index < -0.39 is 12.1 Å². The summed E-state index contributed by atoms with van der Waals surface area (Å²) in [4.78, 5) is 15.8. The fourth-order valence-electron chi connectivity index (χ4n) is 2.88. The Balaban J connectivity index is 0.000000256. The third kappa shape index (κ3) is 5.13. The molecule has 2 unspecified atom stereocenters. The number of alkyl halides is 3. The predicted molar refractivity (Wildman–Crippen MR) is 79.8 cm³/mol. The second kappa shape index (κ2) is 8.24. The highest BCUT2D eigenvalue weighted by molar-refractivity contribution is 7.09. The first-order valence-corrected chi connectivity index (χ1v) is 8.24. The monoisotopic (exact) mass is 368 g/mol. The molecule has 24 heavy (non-hydrogen) atoms. The van der Waals surface area contributed by atoms with Gasteiger partial charge in [-0.15, -0.1) is 11.3 Å². The number of hydrogen-bond donors (Lipinski definition) is 1. The van der Waals surface area contributed by atoms with E-state index in [0.29, 0.717) is 18.2 Å². The van der Waals surface area contributed by atoms with E-state index in [0.717, 1.165) is 32.6 Å². The molecule has 2 atom stereocenters. The van der Waals surface area contributed by atoms with Crippen LogP contribution in [0.1, 0.15) is 17.8 Å². The molecule has 6 nitrogen and oxygen atoms in total. The van der Waals surface area contributed by atoms with Gasteiger partial charge in [-0.05, 0) is 12.8 Å². The fourth-order valence-corrected chi connectivity index (χ4v) is 3.50. The van der Waals surface area contributed by atoms with Gasteiger partial charge in [0.1, 0.15) is 5.01 Å². The van der Waals surface area contributed by atoms with Crippen LogP contribution in [-0.4, -0.2) is 65.6 Å². The van der Waals surface area contributed by atoms with E-state index in [2.05, 4.69) is 9.88 Å². The van der Waals surface area contributed by atoms with Gasteiger partial charge in [0.15, 0.2) is 0 Å². The van der Waals surface area contributed by atoms with Crippen molar-refractivity contribution in [3.8, 4) is 0 Å². The average Bonchev–Trinajstić information content (AvgIpc) is 2.99. The van der Waals surface area contributed by atoms with Crippen molar-refractivity contribution in [2.24, 2.45) is 0 Å². The number of halogens is 3. The summed E-state index contributed by atoms with van der Waals surface area (Å²) < 4.78 is 42.9. The number of carbonyl (C=O) groups is 1. The van der Waals surface area contributed by atoms with Crippen molar-refractivity contribution >= 4 is 17.3 Å². The molecule has 0 amide bonds. The molecule has 136 valence electrons. The maximum atomic E-state index is 10.6. The molecule has 2 fully saturated rings. The number of nitrogens with zero attached hydrogens (tertiary/aromatic N) is 2. The lowest BCUT2D eigenvalue weighted by Crippen LogP contribution is -2.57. The molecular weight excluding hydrogens is 349 g/mol. The Bertz CT molecular complexity index is 513. The van der Waals surface area contributed by atoms with Crippen LogP contribution in [0.5, 0.6) is 0 Å². The van der Waals surface area contributed by atoms with Crippen molar-refractivity contribution in [1.82, 2.24) is 9.88 Å². The zero-order valence-electron chi connectivity index (χ0n) is 13.0. The zero-order valence-corrected chi connectivity index (χ0v) is 13.8. The first-order chi connectivity index (χ1) is 11.3. The van der Waals surface area contributed by atoms with Gasteiger partial charge in [0.25, 0.3) is 0 Å². The summed E-state index contributed by atoms with van der Waals surface area (Å²) in [6.07, 6.45) is -0.633. The Hall–Kier alpha value is -1.23. The van der Waals surface area contributed by atoms with Gasteiger partial charge >= 0.3 is 12.1 Å². The zero-order chi connectivity index (χ0) is 17.7. The van der Waals surface area contributed by atoms with Crippen molar-refractivity contribution in [2.45, 2.75) is 43.8 Å². The average molecular weight is 368 g/mol. The number of hydrogen-bond acceptors (Lipinski definition) is 6. The van der Waals surface area contributed by atoms with Crippen LogP contribution in [0.2, 0.25) is 0 Å². The molecule has 3 heterocycles. The van der Waals surface area contributed by atoms with Crippen LogP contribution < -0.4 is 0 Å². The Morgan fingerprint density at radius 1 is 1.46 bits per heavy atom. The molecule has 3 rings (SSSR count). The Labute approximate surface area is 141 Å². The van der Waals surface area contributed by atoms with Gasteiger partial charge in [0.2, 0.25) is 0 Å². The molecule has 0 saturated carbocycles. The maximum Gasteiger partial charge on any atom is 0.490 e. The van der Waals surface area contributed by atoms with E-state index >= 15 is 0 Å². The van der Waals surface area contributed by atoms with E-state index in [-0.39, 0.29) is 0 Å². The van der Waals surface area contributed by atoms with Crippen LogP contribution in [0.4, 0.5) is 13.2 Å². The molecule has 2 aliphatic heterocycles. The van der Waals surface area contributed by atoms with Crippen molar-refractivity contribution in [3.05, 3.63) is 16.6 Å². The maximum absolute atomic E-state index is 10.6. The minimum atomic E-state index is -5.08. The number of thiazole rings is 1. The second-order valence-corrected chi connectivity index (χ2v) is 6.55. The van der Waals surface area contributed by atoms with Crippen molar-refractivity contribution in [1.29, 1.82) is 0 Å². The minimum absolute atomic E-state index is 0.404. The van der Waals surface area contributed by atoms with Crippen molar-refractivity contribution in [3.63, 3.8) is 0 Å². The van der Waals surface area contributed by atoms with Gasteiger partial charge in [0.05, 0.1) is 25.9 Å². The molecular formula is C14H19F3N2O4S. The number of methoxy groups -OCH3 is 1. The van der Waals surface area contributed by atoms with E-state index in [9.17, 15) is 13.2 Å². The molecule has 0 aromatic carbocycles. The van der Waals surface area contributed by atoms with E-state index in [1.165, 1.54) is 5.01 Å². The molecule has 1 N–H and O–H groups in total. The van der Waals surface area contributed by atoms with E-state index in [4.69, 9.17) is 19.4 Å². The molecule has 0 aliphatic carbocycles. The lowest BCUT2D eigenvalue weighted by atomic mass is 9.92. The quantitative estimate of drug-likeness (QED) is 0.882. The third-order valence-corrected chi connectivity index (χ3v) is 4.77. The number of morpholine rings is 1. The van der Waals surface area contributed by atoms with Gasteiger partial charge in [-0.25, -0.2) is 9.78 Å². The summed E-state index contributed by atoms with van der Waals surface area (Å²) in [7, 11) is 1.82. The normalized spacial score (nSPS) is 27.2. The Morgan fingerprint density at radius 3 is 2.46 bits per heavy atom. The highest BCUT2D eigenvalue weighted by Crippen LogP contribution is 2.30. The van der Waals surface area contributed by atoms with Crippen molar-refractivity contribution < 1.29 is 32.5 Å². The minimum Gasteiger partial charge on any atom is -0.475 e. The third-order valence-electron chi connectivity index (χ3n) is 4.01.